The molecule has 98 valence electrons. The van der Waals surface area contributed by atoms with Gasteiger partial charge in [-0.2, -0.15) is 5.26 Å². The average molecular weight is 273 g/mol. The van der Waals surface area contributed by atoms with Crippen LogP contribution in [0.1, 0.15) is 17.6 Å². The summed E-state index contributed by atoms with van der Waals surface area (Å²) in [6.45, 7) is 3.10. The minimum atomic E-state index is 0.460. The predicted molar refractivity (Wildman–Crippen MR) is 76.2 cm³/mol. The van der Waals surface area contributed by atoms with E-state index >= 15 is 0 Å². The van der Waals surface area contributed by atoms with Crippen molar-refractivity contribution < 1.29 is 4.74 Å². The molecule has 0 amide bonds. The molecule has 0 fully saturated rings. The van der Waals surface area contributed by atoms with Gasteiger partial charge in [-0.25, -0.2) is 4.98 Å². The first-order valence-corrected chi connectivity index (χ1v) is 6.93. The molecule has 0 aliphatic carbocycles. The van der Waals surface area contributed by atoms with Gasteiger partial charge in [-0.1, -0.05) is 12.1 Å². The maximum absolute atomic E-state index is 9.17. The lowest BCUT2D eigenvalue weighted by molar-refractivity contribution is 0.340. The molecule has 0 aliphatic heterocycles. The molecule has 1 aromatic heterocycles. The van der Waals surface area contributed by atoms with E-state index in [-0.39, 0.29) is 0 Å². The first kappa shape index (κ1) is 13.5. The number of nitrogens with zero attached hydrogens (tertiary/aromatic N) is 2. The van der Waals surface area contributed by atoms with Gasteiger partial charge in [0.05, 0.1) is 16.5 Å². The number of hydrogen-bond donors (Lipinski definition) is 1. The van der Waals surface area contributed by atoms with Crippen LogP contribution in [-0.2, 0) is 6.42 Å². The second-order valence-corrected chi connectivity index (χ2v) is 4.98. The van der Waals surface area contributed by atoms with Crippen LogP contribution in [0, 0.1) is 11.3 Å². The Morgan fingerprint density at radius 2 is 2.32 bits per heavy atom. The number of thiazole rings is 1. The molecule has 5 heteroatoms. The van der Waals surface area contributed by atoms with E-state index in [1.165, 1.54) is 11.3 Å². The first-order chi connectivity index (χ1) is 9.28. The van der Waals surface area contributed by atoms with E-state index in [9.17, 15) is 0 Å². The summed E-state index contributed by atoms with van der Waals surface area (Å²) in [4.78, 5) is 5.19. The van der Waals surface area contributed by atoms with Crippen LogP contribution in [0.4, 0.5) is 0 Å². The van der Waals surface area contributed by atoms with Gasteiger partial charge >= 0.3 is 0 Å². The minimum absolute atomic E-state index is 0.460. The molecule has 0 bridgehead atoms. The molecule has 0 saturated heterocycles. The fourth-order valence-corrected chi connectivity index (χ4v) is 2.79. The van der Waals surface area contributed by atoms with Crippen LogP contribution < -0.4 is 10.5 Å². The standard InChI is InChI=1S/C14H15N3OS/c1-2-18-11-5-3-4-10(8-11)14-12(9-16)17-13(19-14)6-7-15/h3-5,8H,2,6-7,15H2,1H3. The second kappa shape index (κ2) is 6.32. The summed E-state index contributed by atoms with van der Waals surface area (Å²) >= 11 is 1.52. The summed E-state index contributed by atoms with van der Waals surface area (Å²) in [7, 11) is 0. The van der Waals surface area contributed by atoms with E-state index in [1.54, 1.807) is 0 Å². The molecule has 2 rings (SSSR count). The molecule has 0 atom stereocenters. The van der Waals surface area contributed by atoms with Crippen LogP contribution in [0.5, 0.6) is 5.75 Å². The highest BCUT2D eigenvalue weighted by molar-refractivity contribution is 7.15. The Labute approximate surface area is 116 Å². The summed E-state index contributed by atoms with van der Waals surface area (Å²) in [5.41, 5.74) is 6.95. The van der Waals surface area contributed by atoms with Crippen molar-refractivity contribution in [3.8, 4) is 22.3 Å². The number of nitriles is 1. The highest BCUT2D eigenvalue weighted by atomic mass is 32.1. The third-order valence-electron chi connectivity index (χ3n) is 2.54. The molecule has 0 saturated carbocycles. The minimum Gasteiger partial charge on any atom is -0.494 e. The summed E-state index contributed by atoms with van der Waals surface area (Å²) < 4.78 is 5.48. The number of aromatic nitrogens is 1. The molecule has 2 aromatic rings. The Morgan fingerprint density at radius 3 is 3.00 bits per heavy atom. The summed E-state index contributed by atoms with van der Waals surface area (Å²) in [6, 6.07) is 9.86. The fourth-order valence-electron chi connectivity index (χ4n) is 1.76. The largest absolute Gasteiger partial charge is 0.494 e. The zero-order valence-electron chi connectivity index (χ0n) is 10.7. The van der Waals surface area contributed by atoms with Crippen molar-refractivity contribution in [2.75, 3.05) is 13.2 Å². The first-order valence-electron chi connectivity index (χ1n) is 6.11. The SMILES string of the molecule is CCOc1cccc(-c2sc(CCN)nc2C#N)c1. The fraction of sp³-hybridized carbons (Fsp3) is 0.286. The highest BCUT2D eigenvalue weighted by Crippen LogP contribution is 2.32. The molecule has 0 spiro atoms. The smallest absolute Gasteiger partial charge is 0.159 e. The second-order valence-electron chi connectivity index (χ2n) is 3.90. The normalized spacial score (nSPS) is 10.2. The van der Waals surface area contributed by atoms with E-state index in [1.807, 2.05) is 31.2 Å². The third-order valence-corrected chi connectivity index (χ3v) is 3.71. The lowest BCUT2D eigenvalue weighted by atomic mass is 10.1. The van der Waals surface area contributed by atoms with Crippen molar-refractivity contribution >= 4 is 11.3 Å². The van der Waals surface area contributed by atoms with Gasteiger partial charge in [-0.15, -0.1) is 11.3 Å². The van der Waals surface area contributed by atoms with E-state index in [0.29, 0.717) is 25.3 Å². The summed E-state index contributed by atoms with van der Waals surface area (Å²) in [5.74, 6) is 0.803. The Balaban J connectivity index is 2.40. The van der Waals surface area contributed by atoms with Crippen molar-refractivity contribution in [3.63, 3.8) is 0 Å². The van der Waals surface area contributed by atoms with Gasteiger partial charge in [0.15, 0.2) is 5.69 Å². The van der Waals surface area contributed by atoms with E-state index in [4.69, 9.17) is 15.7 Å². The van der Waals surface area contributed by atoms with E-state index in [2.05, 4.69) is 11.1 Å². The van der Waals surface area contributed by atoms with E-state index < -0.39 is 0 Å². The average Bonchev–Trinajstić information content (AvgIpc) is 2.83. The van der Waals surface area contributed by atoms with Crippen molar-refractivity contribution in [3.05, 3.63) is 35.0 Å². The molecular formula is C14H15N3OS. The quantitative estimate of drug-likeness (QED) is 0.908. The van der Waals surface area contributed by atoms with Gasteiger partial charge in [-0.3, -0.25) is 0 Å². The van der Waals surface area contributed by atoms with E-state index in [0.717, 1.165) is 21.2 Å². The van der Waals surface area contributed by atoms with Crippen molar-refractivity contribution in [1.82, 2.24) is 4.98 Å². The zero-order valence-corrected chi connectivity index (χ0v) is 11.5. The molecule has 19 heavy (non-hydrogen) atoms. The molecule has 2 N–H and O–H groups in total. The highest BCUT2D eigenvalue weighted by Gasteiger charge is 2.13. The van der Waals surface area contributed by atoms with Crippen LogP contribution in [0.25, 0.3) is 10.4 Å². The number of ether oxygens (including phenoxy) is 1. The van der Waals surface area contributed by atoms with Crippen LogP contribution >= 0.6 is 11.3 Å². The monoisotopic (exact) mass is 273 g/mol. The van der Waals surface area contributed by atoms with Crippen molar-refractivity contribution in [1.29, 1.82) is 5.26 Å². The lowest BCUT2D eigenvalue weighted by Gasteiger charge is -2.04. The van der Waals surface area contributed by atoms with Gasteiger partial charge in [0.1, 0.15) is 11.8 Å². The molecule has 1 heterocycles. The van der Waals surface area contributed by atoms with Gasteiger partial charge in [0, 0.05) is 6.42 Å². The van der Waals surface area contributed by atoms with Crippen LogP contribution in [0.3, 0.4) is 0 Å². The molecular weight excluding hydrogens is 258 g/mol. The topological polar surface area (TPSA) is 71.9 Å². The maximum atomic E-state index is 9.17. The van der Waals surface area contributed by atoms with Gasteiger partial charge in [-0.05, 0) is 31.2 Å². The maximum Gasteiger partial charge on any atom is 0.159 e. The zero-order chi connectivity index (χ0) is 13.7. The Hall–Kier alpha value is -1.90. The summed E-state index contributed by atoms with van der Waals surface area (Å²) in [5, 5.41) is 10.1. The summed E-state index contributed by atoms with van der Waals surface area (Å²) in [6.07, 6.45) is 0.699. The lowest BCUT2D eigenvalue weighted by Crippen LogP contribution is -2.01. The molecule has 0 aliphatic rings. The molecule has 1 aromatic carbocycles. The molecule has 0 unspecified atom stereocenters. The number of nitrogens with two attached hydrogens (primary N) is 1. The third kappa shape index (κ3) is 3.11. The number of rotatable bonds is 5. The Bertz CT molecular complexity index is 601. The van der Waals surface area contributed by atoms with Crippen molar-refractivity contribution in [2.45, 2.75) is 13.3 Å². The Kier molecular flexibility index (Phi) is 4.50. The predicted octanol–water partition coefficient (Wildman–Crippen LogP) is 2.58. The van der Waals surface area contributed by atoms with Crippen LogP contribution in [0.2, 0.25) is 0 Å². The van der Waals surface area contributed by atoms with Crippen LogP contribution in [0.15, 0.2) is 24.3 Å². The van der Waals surface area contributed by atoms with Gasteiger partial charge in [0.2, 0.25) is 0 Å². The Morgan fingerprint density at radius 1 is 1.47 bits per heavy atom. The molecule has 4 nitrogen and oxygen atoms in total. The number of benzene rings is 1. The van der Waals surface area contributed by atoms with Crippen molar-refractivity contribution in [2.24, 2.45) is 5.73 Å². The molecule has 0 radical (unpaired) electrons. The number of hydrogen-bond acceptors (Lipinski definition) is 5. The van der Waals surface area contributed by atoms with Gasteiger partial charge < -0.3 is 10.5 Å². The van der Waals surface area contributed by atoms with Gasteiger partial charge in [0.25, 0.3) is 0 Å². The van der Waals surface area contributed by atoms with Crippen LogP contribution in [-0.4, -0.2) is 18.1 Å².